The quantitative estimate of drug-likeness (QED) is 0.550. The molecule has 0 radical (unpaired) electrons. The minimum absolute atomic E-state index is 0.111. The normalized spacial score (nSPS) is 12.2. The van der Waals surface area contributed by atoms with Gasteiger partial charge in [0.1, 0.15) is 12.2 Å². The third-order valence-electron chi connectivity index (χ3n) is 2.51. The van der Waals surface area contributed by atoms with Crippen molar-refractivity contribution in [1.29, 1.82) is 0 Å². The van der Waals surface area contributed by atoms with E-state index in [4.69, 9.17) is 14.6 Å². The molecule has 1 aromatic carbocycles. The van der Waals surface area contributed by atoms with Gasteiger partial charge in [-0.1, -0.05) is 15.9 Å². The lowest BCUT2D eigenvalue weighted by molar-refractivity contribution is -0.386. The number of nitrogens with one attached hydrogen (secondary N) is 1. The first-order valence-electron chi connectivity index (χ1n) is 6.78. The number of carboxylic acids is 1. The fourth-order valence-corrected chi connectivity index (χ4v) is 1.90. The van der Waals surface area contributed by atoms with E-state index < -0.39 is 35.2 Å². The zero-order valence-corrected chi connectivity index (χ0v) is 14.8. The Kier molecular flexibility index (Phi) is 6.52. The molecular weight excluding hydrogens is 388 g/mol. The molecule has 0 aromatic heterocycles. The summed E-state index contributed by atoms with van der Waals surface area (Å²) in [6.07, 6.45) is -0.927. The van der Waals surface area contributed by atoms with Crippen molar-refractivity contribution in [3.63, 3.8) is 0 Å². The highest BCUT2D eigenvalue weighted by molar-refractivity contribution is 9.10. The summed E-state index contributed by atoms with van der Waals surface area (Å²) in [5.74, 6) is -1.47. The third-order valence-corrected chi connectivity index (χ3v) is 3.01. The Morgan fingerprint density at radius 2 is 2.04 bits per heavy atom. The molecular formula is C14H17BrN2O7. The van der Waals surface area contributed by atoms with Crippen LogP contribution in [-0.2, 0) is 9.53 Å². The Morgan fingerprint density at radius 1 is 1.42 bits per heavy atom. The molecule has 0 spiro atoms. The zero-order chi connectivity index (χ0) is 18.5. The van der Waals surface area contributed by atoms with E-state index in [2.05, 4.69) is 21.2 Å². The zero-order valence-electron chi connectivity index (χ0n) is 13.2. The van der Waals surface area contributed by atoms with Gasteiger partial charge in [-0.05, 0) is 32.9 Å². The molecule has 0 bridgehead atoms. The number of benzene rings is 1. The van der Waals surface area contributed by atoms with E-state index >= 15 is 0 Å². The van der Waals surface area contributed by atoms with E-state index in [1.165, 1.54) is 18.2 Å². The van der Waals surface area contributed by atoms with Crippen LogP contribution in [0, 0.1) is 10.1 Å². The van der Waals surface area contributed by atoms with Crippen LogP contribution in [0.15, 0.2) is 22.7 Å². The van der Waals surface area contributed by atoms with E-state index in [1.54, 1.807) is 20.8 Å². The van der Waals surface area contributed by atoms with Crippen molar-refractivity contribution >= 4 is 33.7 Å². The number of hydrogen-bond acceptors (Lipinski definition) is 6. The molecule has 9 nitrogen and oxygen atoms in total. The van der Waals surface area contributed by atoms with Crippen LogP contribution in [0.5, 0.6) is 5.75 Å². The average molecular weight is 405 g/mol. The molecule has 1 rings (SSSR count). The molecule has 10 heteroatoms. The standard InChI is InChI=1S/C14H17BrN2O7/c1-14(2,3)24-13(20)16-9(12(18)19)7-23-11-5-4-8(15)6-10(11)17(21)22/h4-6,9H,7H2,1-3H3,(H,16,20)(H,18,19). The SMILES string of the molecule is CC(C)(C)OC(=O)NC(COc1ccc(Br)cc1[N+](=O)[O-])C(=O)O. The second-order valence-electron chi connectivity index (χ2n) is 5.72. The number of ether oxygens (including phenoxy) is 2. The number of nitro benzene ring substituents is 1. The van der Waals surface area contributed by atoms with Crippen molar-refractivity contribution in [2.45, 2.75) is 32.4 Å². The minimum atomic E-state index is -1.43. The van der Waals surface area contributed by atoms with Crippen molar-refractivity contribution in [2.24, 2.45) is 0 Å². The smallest absolute Gasteiger partial charge is 0.408 e. The number of carbonyl (C=O) groups is 2. The highest BCUT2D eigenvalue weighted by Crippen LogP contribution is 2.30. The second-order valence-corrected chi connectivity index (χ2v) is 6.63. The maximum Gasteiger partial charge on any atom is 0.408 e. The molecule has 1 aromatic rings. The maximum absolute atomic E-state index is 11.6. The molecule has 1 atom stereocenters. The molecule has 2 N–H and O–H groups in total. The van der Waals surface area contributed by atoms with Crippen molar-refractivity contribution < 1.29 is 29.1 Å². The lowest BCUT2D eigenvalue weighted by atomic mass is 10.2. The van der Waals surface area contributed by atoms with Gasteiger partial charge in [-0.2, -0.15) is 0 Å². The Bertz CT molecular complexity index is 643. The number of nitro groups is 1. The maximum atomic E-state index is 11.6. The molecule has 0 fully saturated rings. The minimum Gasteiger partial charge on any atom is -0.484 e. The van der Waals surface area contributed by atoms with Gasteiger partial charge in [-0.25, -0.2) is 9.59 Å². The highest BCUT2D eigenvalue weighted by Gasteiger charge is 2.26. The average Bonchev–Trinajstić information content (AvgIpc) is 2.41. The predicted molar refractivity (Wildman–Crippen MR) is 87.1 cm³/mol. The van der Waals surface area contributed by atoms with E-state index in [9.17, 15) is 19.7 Å². The molecule has 0 heterocycles. The molecule has 0 aliphatic rings. The summed E-state index contributed by atoms with van der Waals surface area (Å²) in [5, 5.41) is 22.3. The first kappa shape index (κ1) is 19.7. The van der Waals surface area contributed by atoms with Crippen molar-refractivity contribution in [3.8, 4) is 5.75 Å². The summed E-state index contributed by atoms with van der Waals surface area (Å²) in [6.45, 7) is 4.38. The van der Waals surface area contributed by atoms with Gasteiger partial charge in [-0.3, -0.25) is 10.1 Å². The molecule has 0 aliphatic heterocycles. The predicted octanol–water partition coefficient (Wildman–Crippen LogP) is 2.71. The Morgan fingerprint density at radius 3 is 2.54 bits per heavy atom. The van der Waals surface area contributed by atoms with Crippen LogP contribution in [0.25, 0.3) is 0 Å². The first-order valence-corrected chi connectivity index (χ1v) is 7.58. The molecule has 1 amide bonds. The number of carbonyl (C=O) groups excluding carboxylic acids is 1. The van der Waals surface area contributed by atoms with Gasteiger partial charge in [0.15, 0.2) is 11.8 Å². The summed E-state index contributed by atoms with van der Waals surface area (Å²) in [7, 11) is 0. The number of amides is 1. The van der Waals surface area contributed by atoms with E-state index in [1.807, 2.05) is 0 Å². The number of carboxylic acid groups (broad SMARTS) is 1. The number of rotatable bonds is 6. The fourth-order valence-electron chi connectivity index (χ4n) is 1.55. The van der Waals surface area contributed by atoms with Crippen LogP contribution in [0.2, 0.25) is 0 Å². The number of hydrogen-bond donors (Lipinski definition) is 2. The Hall–Kier alpha value is -2.36. The van der Waals surface area contributed by atoms with Crippen LogP contribution < -0.4 is 10.1 Å². The molecule has 0 saturated carbocycles. The first-order chi connectivity index (χ1) is 11.0. The summed E-state index contributed by atoms with van der Waals surface area (Å²) < 4.78 is 10.6. The van der Waals surface area contributed by atoms with Gasteiger partial charge >= 0.3 is 17.7 Å². The van der Waals surface area contributed by atoms with Crippen LogP contribution in [0.4, 0.5) is 10.5 Å². The van der Waals surface area contributed by atoms with Gasteiger partial charge in [0, 0.05) is 10.5 Å². The van der Waals surface area contributed by atoms with E-state index in [-0.39, 0.29) is 11.4 Å². The number of halogens is 1. The summed E-state index contributed by atoms with van der Waals surface area (Å²) in [6, 6.07) is 2.64. The van der Waals surface area contributed by atoms with E-state index in [0.29, 0.717) is 4.47 Å². The van der Waals surface area contributed by atoms with Crippen molar-refractivity contribution in [3.05, 3.63) is 32.8 Å². The van der Waals surface area contributed by atoms with Crippen LogP contribution in [0.3, 0.4) is 0 Å². The fraction of sp³-hybridized carbons (Fsp3) is 0.429. The van der Waals surface area contributed by atoms with Gasteiger partial charge in [0.25, 0.3) is 0 Å². The van der Waals surface area contributed by atoms with Crippen LogP contribution in [0.1, 0.15) is 20.8 Å². The molecule has 132 valence electrons. The second kappa shape index (κ2) is 7.95. The Labute approximate surface area is 146 Å². The van der Waals surface area contributed by atoms with Crippen LogP contribution in [-0.4, -0.2) is 40.3 Å². The summed E-state index contributed by atoms with van der Waals surface area (Å²) in [4.78, 5) is 33.2. The number of nitrogens with zero attached hydrogens (tertiary/aromatic N) is 1. The van der Waals surface area contributed by atoms with Gasteiger partial charge in [0.05, 0.1) is 4.92 Å². The highest BCUT2D eigenvalue weighted by atomic mass is 79.9. The summed E-state index contributed by atoms with van der Waals surface area (Å²) >= 11 is 3.10. The van der Waals surface area contributed by atoms with Crippen molar-refractivity contribution in [1.82, 2.24) is 5.32 Å². The largest absolute Gasteiger partial charge is 0.484 e. The van der Waals surface area contributed by atoms with Crippen molar-refractivity contribution in [2.75, 3.05) is 6.61 Å². The molecule has 24 heavy (non-hydrogen) atoms. The monoisotopic (exact) mass is 404 g/mol. The number of alkyl carbamates (subject to hydrolysis) is 1. The lowest BCUT2D eigenvalue weighted by Crippen LogP contribution is -2.46. The van der Waals surface area contributed by atoms with Gasteiger partial charge in [0.2, 0.25) is 0 Å². The Balaban J connectivity index is 2.80. The van der Waals surface area contributed by atoms with Gasteiger partial charge < -0.3 is 19.9 Å². The van der Waals surface area contributed by atoms with Gasteiger partial charge in [-0.15, -0.1) is 0 Å². The van der Waals surface area contributed by atoms with E-state index in [0.717, 1.165) is 0 Å². The molecule has 0 saturated heterocycles. The van der Waals surface area contributed by atoms with Crippen LogP contribution >= 0.6 is 15.9 Å². The number of aliphatic carboxylic acids is 1. The lowest BCUT2D eigenvalue weighted by Gasteiger charge is -2.22. The third kappa shape index (κ3) is 6.41. The summed E-state index contributed by atoms with van der Waals surface area (Å²) in [5.41, 5.74) is -1.12. The topological polar surface area (TPSA) is 128 Å². The molecule has 0 aliphatic carbocycles. The molecule has 1 unspecified atom stereocenters.